The third-order valence-corrected chi connectivity index (χ3v) is 7.40. The largest absolute Gasteiger partial charge is 0.483 e. The summed E-state index contributed by atoms with van der Waals surface area (Å²) in [5.41, 5.74) is 0.752. The standard InChI is InChI=1S/C27H36N4O3.CH2O2/c1-18(28-2)25(32)30-24(20-11-4-3-5-12-20)27(34)31-17-9-16-23(31)26(33)29-22-15-8-13-19-10-6-7-14-21(19)22;2-1-3/h6-8,10,13-15,18,20,23-24,28H,3-5,9,11-12,16-17H2,1-2H3,(H,29,33)(H,30,32);1H,(H,2,3)/t18-,23-,24+;/m0./s1. The number of carbonyl (C=O) groups is 4. The number of likely N-dealkylation sites (N-methyl/N-ethyl adjacent to an activating group) is 1. The molecule has 1 aliphatic heterocycles. The summed E-state index contributed by atoms with van der Waals surface area (Å²) in [5, 5.41) is 18.0. The van der Waals surface area contributed by atoms with Gasteiger partial charge in [-0.05, 0) is 57.0 Å². The monoisotopic (exact) mass is 510 g/mol. The molecule has 2 aromatic carbocycles. The normalized spacial score (nSPS) is 19.3. The number of anilines is 1. The Balaban J connectivity index is 0.00000121. The summed E-state index contributed by atoms with van der Waals surface area (Å²) in [6.07, 6.45) is 6.54. The molecule has 3 amide bonds. The molecule has 4 rings (SSSR count). The molecular formula is C28H38N4O5. The lowest BCUT2D eigenvalue weighted by Crippen LogP contribution is -2.57. The Kier molecular flexibility index (Phi) is 10.4. The quantitative estimate of drug-likeness (QED) is 0.424. The van der Waals surface area contributed by atoms with Crippen LogP contribution in [-0.2, 0) is 19.2 Å². The summed E-state index contributed by atoms with van der Waals surface area (Å²) in [7, 11) is 1.73. The Hall–Kier alpha value is -3.46. The Bertz CT molecular complexity index is 1080. The number of fused-ring (bicyclic) bond motifs is 1. The average Bonchev–Trinajstić information content (AvgIpc) is 3.42. The van der Waals surface area contributed by atoms with E-state index < -0.39 is 12.1 Å². The third kappa shape index (κ3) is 7.07. The summed E-state index contributed by atoms with van der Waals surface area (Å²) in [6, 6.07) is 12.2. The lowest BCUT2D eigenvalue weighted by atomic mass is 9.83. The minimum absolute atomic E-state index is 0.108. The van der Waals surface area contributed by atoms with Crippen LogP contribution in [0.2, 0.25) is 0 Å². The van der Waals surface area contributed by atoms with Gasteiger partial charge in [0.2, 0.25) is 17.7 Å². The van der Waals surface area contributed by atoms with Crippen LogP contribution in [0.1, 0.15) is 51.9 Å². The number of hydrogen-bond acceptors (Lipinski definition) is 5. The van der Waals surface area contributed by atoms with Crippen molar-refractivity contribution in [3.63, 3.8) is 0 Å². The fourth-order valence-electron chi connectivity index (χ4n) is 5.29. The molecule has 3 atom stereocenters. The fourth-order valence-corrected chi connectivity index (χ4v) is 5.29. The number of likely N-dealkylation sites (tertiary alicyclic amines) is 1. The molecule has 37 heavy (non-hydrogen) atoms. The molecular weight excluding hydrogens is 472 g/mol. The summed E-state index contributed by atoms with van der Waals surface area (Å²) >= 11 is 0. The number of rotatable bonds is 7. The zero-order valence-electron chi connectivity index (χ0n) is 21.6. The number of carbonyl (C=O) groups excluding carboxylic acids is 3. The lowest BCUT2D eigenvalue weighted by Gasteiger charge is -2.35. The average molecular weight is 511 g/mol. The van der Waals surface area contributed by atoms with Crippen molar-refractivity contribution < 1.29 is 24.3 Å². The van der Waals surface area contributed by atoms with Gasteiger partial charge >= 0.3 is 0 Å². The number of nitrogens with zero attached hydrogens (tertiary/aromatic N) is 1. The highest BCUT2D eigenvalue weighted by atomic mass is 16.3. The van der Waals surface area contributed by atoms with Crippen molar-refractivity contribution in [3.05, 3.63) is 42.5 Å². The first-order valence-corrected chi connectivity index (χ1v) is 13.1. The SMILES string of the molecule is CN[C@@H](C)C(=O)N[C@@H](C(=O)N1CCC[C@H]1C(=O)Nc1cccc2ccccc12)C1CCCCC1.O=CO. The molecule has 1 heterocycles. The zero-order valence-corrected chi connectivity index (χ0v) is 21.6. The number of nitrogens with one attached hydrogen (secondary N) is 3. The summed E-state index contributed by atoms with van der Waals surface area (Å²) in [4.78, 5) is 49.9. The van der Waals surface area contributed by atoms with Gasteiger partial charge < -0.3 is 26.0 Å². The van der Waals surface area contributed by atoms with E-state index in [1.54, 1.807) is 18.9 Å². The van der Waals surface area contributed by atoms with Crippen LogP contribution < -0.4 is 16.0 Å². The van der Waals surface area contributed by atoms with Crippen molar-refractivity contribution in [2.75, 3.05) is 18.9 Å². The molecule has 2 aliphatic rings. The Morgan fingerprint density at radius 2 is 1.68 bits per heavy atom. The van der Waals surface area contributed by atoms with Crippen molar-refractivity contribution in [2.24, 2.45) is 5.92 Å². The maximum atomic E-state index is 13.8. The molecule has 0 bridgehead atoms. The predicted molar refractivity (Wildman–Crippen MR) is 143 cm³/mol. The van der Waals surface area contributed by atoms with Crippen LogP contribution in [-0.4, -0.2) is 65.9 Å². The van der Waals surface area contributed by atoms with E-state index in [4.69, 9.17) is 9.90 Å². The van der Waals surface area contributed by atoms with E-state index >= 15 is 0 Å². The number of benzene rings is 2. The van der Waals surface area contributed by atoms with Gasteiger partial charge in [-0.25, -0.2) is 0 Å². The van der Waals surface area contributed by atoms with Gasteiger partial charge in [0.1, 0.15) is 12.1 Å². The van der Waals surface area contributed by atoms with E-state index in [1.807, 2.05) is 42.5 Å². The third-order valence-electron chi connectivity index (χ3n) is 7.40. The molecule has 0 radical (unpaired) electrons. The van der Waals surface area contributed by atoms with Gasteiger partial charge in [0, 0.05) is 17.6 Å². The van der Waals surface area contributed by atoms with Crippen molar-refractivity contribution >= 4 is 40.7 Å². The number of hydrogen-bond donors (Lipinski definition) is 4. The summed E-state index contributed by atoms with van der Waals surface area (Å²) in [6.45, 7) is 2.07. The molecule has 1 aliphatic carbocycles. The molecule has 1 saturated carbocycles. The van der Waals surface area contributed by atoms with E-state index in [1.165, 1.54) is 0 Å². The van der Waals surface area contributed by atoms with Crippen LogP contribution in [0.3, 0.4) is 0 Å². The first-order valence-electron chi connectivity index (χ1n) is 13.1. The summed E-state index contributed by atoms with van der Waals surface area (Å²) in [5.74, 6) is -0.363. The molecule has 0 aromatic heterocycles. The van der Waals surface area contributed by atoms with Crippen molar-refractivity contribution in [3.8, 4) is 0 Å². The first kappa shape index (κ1) is 28.1. The fraction of sp³-hybridized carbons (Fsp3) is 0.500. The maximum Gasteiger partial charge on any atom is 0.290 e. The van der Waals surface area contributed by atoms with Crippen LogP contribution in [0.5, 0.6) is 0 Å². The Labute approximate surface area is 218 Å². The van der Waals surface area contributed by atoms with Crippen LogP contribution >= 0.6 is 0 Å². The van der Waals surface area contributed by atoms with Crippen molar-refractivity contribution in [1.82, 2.24) is 15.5 Å². The molecule has 4 N–H and O–H groups in total. The molecule has 9 heteroatoms. The Morgan fingerprint density at radius 1 is 1.00 bits per heavy atom. The highest BCUT2D eigenvalue weighted by Crippen LogP contribution is 2.30. The van der Waals surface area contributed by atoms with E-state index in [-0.39, 0.29) is 36.2 Å². The maximum absolute atomic E-state index is 13.8. The zero-order chi connectivity index (χ0) is 26.8. The second-order valence-electron chi connectivity index (χ2n) is 9.71. The van der Waals surface area contributed by atoms with Crippen LogP contribution in [0, 0.1) is 5.92 Å². The Morgan fingerprint density at radius 3 is 2.38 bits per heavy atom. The first-order chi connectivity index (χ1) is 17.9. The molecule has 2 fully saturated rings. The van der Waals surface area contributed by atoms with Gasteiger partial charge in [-0.1, -0.05) is 55.7 Å². The van der Waals surface area contributed by atoms with E-state index in [9.17, 15) is 14.4 Å². The second kappa shape index (κ2) is 13.7. The van der Waals surface area contributed by atoms with Crippen LogP contribution in [0.15, 0.2) is 42.5 Å². The molecule has 2 aromatic rings. The van der Waals surface area contributed by atoms with Crippen LogP contribution in [0.25, 0.3) is 10.8 Å². The van der Waals surface area contributed by atoms with E-state index in [0.29, 0.717) is 13.0 Å². The van der Waals surface area contributed by atoms with Crippen molar-refractivity contribution in [1.29, 1.82) is 0 Å². The molecule has 1 saturated heterocycles. The van der Waals surface area contributed by atoms with Gasteiger partial charge in [0.25, 0.3) is 6.47 Å². The minimum atomic E-state index is -0.588. The van der Waals surface area contributed by atoms with Gasteiger partial charge in [-0.2, -0.15) is 0 Å². The summed E-state index contributed by atoms with van der Waals surface area (Å²) < 4.78 is 0. The van der Waals surface area contributed by atoms with Gasteiger partial charge in [-0.3, -0.25) is 19.2 Å². The highest BCUT2D eigenvalue weighted by Gasteiger charge is 2.41. The topological polar surface area (TPSA) is 128 Å². The van der Waals surface area contributed by atoms with Gasteiger partial charge in [0.15, 0.2) is 0 Å². The van der Waals surface area contributed by atoms with E-state index in [0.717, 1.165) is 55.0 Å². The van der Waals surface area contributed by atoms with Gasteiger partial charge in [0.05, 0.1) is 6.04 Å². The number of amides is 3. The molecule has 9 nitrogen and oxygen atoms in total. The minimum Gasteiger partial charge on any atom is -0.483 e. The smallest absolute Gasteiger partial charge is 0.290 e. The second-order valence-corrected chi connectivity index (χ2v) is 9.71. The molecule has 200 valence electrons. The lowest BCUT2D eigenvalue weighted by molar-refractivity contribution is -0.142. The van der Waals surface area contributed by atoms with Gasteiger partial charge in [-0.15, -0.1) is 0 Å². The number of carboxylic acid groups (broad SMARTS) is 1. The van der Waals surface area contributed by atoms with Crippen molar-refractivity contribution in [2.45, 2.75) is 70.0 Å². The van der Waals surface area contributed by atoms with Crippen LogP contribution in [0.4, 0.5) is 5.69 Å². The molecule has 0 unspecified atom stereocenters. The van der Waals surface area contributed by atoms with E-state index in [2.05, 4.69) is 16.0 Å². The highest BCUT2D eigenvalue weighted by molar-refractivity contribution is 6.05. The molecule has 0 spiro atoms. The predicted octanol–water partition coefficient (Wildman–Crippen LogP) is 3.14.